The van der Waals surface area contributed by atoms with E-state index in [1.54, 1.807) is 6.07 Å². The van der Waals surface area contributed by atoms with Crippen molar-refractivity contribution < 1.29 is 14.3 Å². The van der Waals surface area contributed by atoms with E-state index in [-0.39, 0.29) is 5.76 Å². The molecular weight excluding hydrogens is 254 g/mol. The Morgan fingerprint density at radius 3 is 2.60 bits per heavy atom. The average Bonchev–Trinajstić information content (AvgIpc) is 2.64. The summed E-state index contributed by atoms with van der Waals surface area (Å²) in [6.45, 7) is 4.74. The molecule has 0 aliphatic heterocycles. The first-order valence-electron chi connectivity index (χ1n) is 7.64. The van der Waals surface area contributed by atoms with Crippen molar-refractivity contribution in [2.45, 2.75) is 65.0 Å². The number of aromatic carboxylic acids is 1. The largest absolute Gasteiger partial charge is 0.475 e. The number of furan rings is 1. The predicted octanol–water partition coefficient (Wildman–Crippen LogP) is 3.73. The fourth-order valence-electron chi connectivity index (χ4n) is 3.05. The molecular formula is C16H25NO3. The number of carbonyl (C=O) groups is 1. The lowest BCUT2D eigenvalue weighted by atomic mass is 9.93. The monoisotopic (exact) mass is 279 g/mol. The highest BCUT2D eigenvalue weighted by molar-refractivity contribution is 5.84. The molecule has 1 aromatic heterocycles. The van der Waals surface area contributed by atoms with Gasteiger partial charge in [-0.2, -0.15) is 0 Å². The summed E-state index contributed by atoms with van der Waals surface area (Å²) in [7, 11) is 0. The standard InChI is InChI=1S/C16H25NO3/c1-11(13-7-5-3-4-6-8-13)17-10-14-9-15(16(18)19)20-12(14)2/h9,11,13,17H,3-8,10H2,1-2H3,(H,18,19)/t11-/m0/s1. The van der Waals surface area contributed by atoms with Crippen molar-refractivity contribution in [3.05, 3.63) is 23.2 Å². The summed E-state index contributed by atoms with van der Waals surface area (Å²) in [5, 5.41) is 12.5. The van der Waals surface area contributed by atoms with E-state index in [0.29, 0.717) is 18.3 Å². The quantitative estimate of drug-likeness (QED) is 0.806. The van der Waals surface area contributed by atoms with E-state index in [1.807, 2.05) is 6.92 Å². The molecule has 0 bridgehead atoms. The minimum Gasteiger partial charge on any atom is -0.475 e. The zero-order chi connectivity index (χ0) is 14.5. The molecule has 2 N–H and O–H groups in total. The number of rotatable bonds is 5. The number of carboxylic acids is 1. The lowest BCUT2D eigenvalue weighted by molar-refractivity contribution is 0.0661. The summed E-state index contributed by atoms with van der Waals surface area (Å²) < 4.78 is 5.23. The van der Waals surface area contributed by atoms with Crippen molar-refractivity contribution in [3.8, 4) is 0 Å². The molecule has 4 nitrogen and oxygen atoms in total. The molecule has 1 heterocycles. The van der Waals surface area contributed by atoms with Crippen LogP contribution in [0.3, 0.4) is 0 Å². The Morgan fingerprint density at radius 2 is 2.05 bits per heavy atom. The van der Waals surface area contributed by atoms with Gasteiger partial charge in [-0.25, -0.2) is 4.79 Å². The van der Waals surface area contributed by atoms with Gasteiger partial charge in [0.2, 0.25) is 5.76 Å². The van der Waals surface area contributed by atoms with Crippen molar-refractivity contribution in [2.75, 3.05) is 0 Å². The molecule has 4 heteroatoms. The van der Waals surface area contributed by atoms with Crippen LogP contribution in [0.25, 0.3) is 0 Å². The van der Waals surface area contributed by atoms with Crippen LogP contribution in [0.1, 0.15) is 67.3 Å². The van der Waals surface area contributed by atoms with E-state index in [2.05, 4.69) is 12.2 Å². The zero-order valence-electron chi connectivity index (χ0n) is 12.4. The third-order valence-electron chi connectivity index (χ3n) is 4.45. The van der Waals surface area contributed by atoms with Crippen LogP contribution in [-0.4, -0.2) is 17.1 Å². The highest BCUT2D eigenvalue weighted by atomic mass is 16.4. The summed E-state index contributed by atoms with van der Waals surface area (Å²) in [6.07, 6.45) is 8.02. The van der Waals surface area contributed by atoms with E-state index in [1.165, 1.54) is 38.5 Å². The van der Waals surface area contributed by atoms with Crippen molar-refractivity contribution in [2.24, 2.45) is 5.92 Å². The van der Waals surface area contributed by atoms with E-state index >= 15 is 0 Å². The molecule has 1 aliphatic rings. The molecule has 0 amide bonds. The third kappa shape index (κ3) is 3.85. The Morgan fingerprint density at radius 1 is 1.40 bits per heavy atom. The lowest BCUT2D eigenvalue weighted by Crippen LogP contribution is -2.33. The smallest absolute Gasteiger partial charge is 0.371 e. The van der Waals surface area contributed by atoms with Gasteiger partial charge in [-0.1, -0.05) is 25.7 Å². The maximum Gasteiger partial charge on any atom is 0.371 e. The summed E-state index contributed by atoms with van der Waals surface area (Å²) in [6, 6.07) is 2.10. The second-order valence-corrected chi connectivity index (χ2v) is 5.92. The SMILES string of the molecule is Cc1oc(C(=O)O)cc1CN[C@@H](C)C1CCCCCC1. The van der Waals surface area contributed by atoms with Crippen LogP contribution in [0.15, 0.2) is 10.5 Å². The Kier molecular flexibility index (Phi) is 5.24. The summed E-state index contributed by atoms with van der Waals surface area (Å²) in [5.74, 6) is 0.462. The number of aryl methyl sites for hydroxylation is 1. The topological polar surface area (TPSA) is 62.5 Å². The van der Waals surface area contributed by atoms with Crippen LogP contribution >= 0.6 is 0 Å². The lowest BCUT2D eigenvalue weighted by Gasteiger charge is -2.23. The van der Waals surface area contributed by atoms with Gasteiger partial charge in [-0.05, 0) is 38.7 Å². The molecule has 2 rings (SSSR count). The molecule has 1 fully saturated rings. The van der Waals surface area contributed by atoms with Gasteiger partial charge >= 0.3 is 5.97 Å². The van der Waals surface area contributed by atoms with E-state index < -0.39 is 5.97 Å². The molecule has 20 heavy (non-hydrogen) atoms. The molecule has 1 aromatic rings. The number of carboxylic acid groups (broad SMARTS) is 1. The average molecular weight is 279 g/mol. The maximum absolute atomic E-state index is 10.9. The van der Waals surface area contributed by atoms with Crippen LogP contribution in [0.4, 0.5) is 0 Å². The van der Waals surface area contributed by atoms with Crippen LogP contribution in [0.5, 0.6) is 0 Å². The Balaban J connectivity index is 1.89. The molecule has 1 atom stereocenters. The van der Waals surface area contributed by atoms with Crippen LogP contribution in [0, 0.1) is 12.8 Å². The number of nitrogens with one attached hydrogen (secondary N) is 1. The zero-order valence-corrected chi connectivity index (χ0v) is 12.4. The van der Waals surface area contributed by atoms with Gasteiger partial charge < -0.3 is 14.8 Å². The van der Waals surface area contributed by atoms with E-state index in [4.69, 9.17) is 9.52 Å². The fourth-order valence-corrected chi connectivity index (χ4v) is 3.05. The van der Waals surface area contributed by atoms with E-state index in [0.717, 1.165) is 11.5 Å². The van der Waals surface area contributed by atoms with Crippen LogP contribution in [0.2, 0.25) is 0 Å². The van der Waals surface area contributed by atoms with Gasteiger partial charge in [-0.3, -0.25) is 0 Å². The Hall–Kier alpha value is -1.29. The molecule has 0 radical (unpaired) electrons. The van der Waals surface area contributed by atoms with E-state index in [9.17, 15) is 4.79 Å². The predicted molar refractivity (Wildman–Crippen MR) is 77.9 cm³/mol. The Labute approximate surface area is 120 Å². The van der Waals surface area contributed by atoms with Crippen molar-refractivity contribution in [1.82, 2.24) is 5.32 Å². The summed E-state index contributed by atoms with van der Waals surface area (Å²) in [5.41, 5.74) is 0.947. The maximum atomic E-state index is 10.9. The molecule has 0 unspecified atom stereocenters. The van der Waals surface area contributed by atoms with Gasteiger partial charge in [-0.15, -0.1) is 0 Å². The van der Waals surface area contributed by atoms with Gasteiger partial charge in [0.25, 0.3) is 0 Å². The molecule has 0 saturated heterocycles. The first-order valence-corrected chi connectivity index (χ1v) is 7.64. The van der Waals surface area contributed by atoms with Crippen LogP contribution < -0.4 is 5.32 Å². The molecule has 1 saturated carbocycles. The molecule has 0 spiro atoms. The minimum atomic E-state index is -1.00. The second kappa shape index (κ2) is 6.93. The number of hydrogen-bond acceptors (Lipinski definition) is 3. The molecule has 0 aromatic carbocycles. The third-order valence-corrected chi connectivity index (χ3v) is 4.45. The molecule has 1 aliphatic carbocycles. The normalized spacial score (nSPS) is 18.7. The minimum absolute atomic E-state index is 0.0291. The summed E-state index contributed by atoms with van der Waals surface area (Å²) in [4.78, 5) is 10.9. The van der Waals surface area contributed by atoms with Crippen molar-refractivity contribution >= 4 is 5.97 Å². The molecule has 112 valence electrons. The fraction of sp³-hybridized carbons (Fsp3) is 0.688. The van der Waals surface area contributed by atoms with Crippen LogP contribution in [-0.2, 0) is 6.54 Å². The first kappa shape index (κ1) is 15.1. The van der Waals surface area contributed by atoms with Crippen molar-refractivity contribution in [3.63, 3.8) is 0 Å². The summed E-state index contributed by atoms with van der Waals surface area (Å²) >= 11 is 0. The highest BCUT2D eigenvalue weighted by Gasteiger charge is 2.19. The van der Waals surface area contributed by atoms with Gasteiger partial charge in [0.1, 0.15) is 5.76 Å². The Bertz CT molecular complexity index is 445. The number of hydrogen-bond donors (Lipinski definition) is 2. The van der Waals surface area contributed by atoms with Gasteiger partial charge in [0.05, 0.1) is 0 Å². The second-order valence-electron chi connectivity index (χ2n) is 5.92. The first-order chi connectivity index (χ1) is 9.58. The van der Waals surface area contributed by atoms with Gasteiger partial charge in [0.15, 0.2) is 0 Å². The van der Waals surface area contributed by atoms with Gasteiger partial charge in [0, 0.05) is 18.2 Å². The highest BCUT2D eigenvalue weighted by Crippen LogP contribution is 2.25. The van der Waals surface area contributed by atoms with Crippen molar-refractivity contribution in [1.29, 1.82) is 0 Å².